The predicted molar refractivity (Wildman–Crippen MR) is 68.5 cm³/mol. The minimum atomic E-state index is -0.384. The van der Waals surface area contributed by atoms with Crippen molar-refractivity contribution in [1.82, 2.24) is 4.72 Å². The first kappa shape index (κ1) is 13.0. The second-order valence-corrected chi connectivity index (χ2v) is 5.20. The lowest BCUT2D eigenvalue weighted by Gasteiger charge is -2.03. The van der Waals surface area contributed by atoms with Gasteiger partial charge in [-0.15, -0.1) is 0 Å². The third-order valence-corrected chi connectivity index (χ3v) is 3.28. The zero-order valence-electron chi connectivity index (χ0n) is 7.57. The number of rotatable bonds is 5. The van der Waals surface area contributed by atoms with Crippen molar-refractivity contribution >= 4 is 49.5 Å². The molecule has 82 valence electrons. The summed E-state index contributed by atoms with van der Waals surface area (Å²) in [6, 6.07) is 4.87. The maximum atomic E-state index is 10.7. The van der Waals surface area contributed by atoms with Crippen LogP contribution in [0.2, 0.25) is 0 Å². The van der Waals surface area contributed by atoms with Gasteiger partial charge in [-0.3, -0.25) is 14.8 Å². The summed E-state index contributed by atoms with van der Waals surface area (Å²) < 4.78 is 3.85. The fourth-order valence-corrected chi connectivity index (χ4v) is 2.65. The first-order valence-corrected chi connectivity index (χ1v) is 6.78. The van der Waals surface area contributed by atoms with E-state index in [4.69, 9.17) is 0 Å². The van der Waals surface area contributed by atoms with Gasteiger partial charge in [-0.25, -0.2) is 0 Å². The molecule has 4 nitrogen and oxygen atoms in total. The van der Waals surface area contributed by atoms with Crippen LogP contribution in [0.3, 0.4) is 0 Å². The summed E-state index contributed by atoms with van der Waals surface area (Å²) in [4.78, 5) is 10.9. The molecule has 0 atom stereocenters. The van der Waals surface area contributed by atoms with Crippen LogP contribution >= 0.6 is 43.8 Å². The van der Waals surface area contributed by atoms with Gasteiger partial charge in [0.1, 0.15) is 4.90 Å². The Bertz CT molecular complexity index is 362. The molecule has 0 aliphatic heterocycles. The normalized spacial score (nSPS) is 10.3. The Morgan fingerprint density at radius 1 is 1.53 bits per heavy atom. The quantitative estimate of drug-likeness (QED) is 0.289. The highest BCUT2D eigenvalue weighted by Gasteiger charge is 2.13. The zero-order chi connectivity index (χ0) is 11.3. The molecule has 0 saturated carbocycles. The van der Waals surface area contributed by atoms with Gasteiger partial charge in [-0.05, 0) is 24.1 Å². The number of nitrogens with zero attached hydrogens (tertiary/aromatic N) is 1. The van der Waals surface area contributed by atoms with Gasteiger partial charge in [0.2, 0.25) is 0 Å². The van der Waals surface area contributed by atoms with E-state index in [1.165, 1.54) is 18.0 Å². The molecule has 0 fully saturated rings. The second kappa shape index (κ2) is 6.47. The average Bonchev–Trinajstić information content (AvgIpc) is 2.18. The summed E-state index contributed by atoms with van der Waals surface area (Å²) in [5, 5.41) is 11.5. The molecule has 0 amide bonds. The molecule has 15 heavy (non-hydrogen) atoms. The smallest absolute Gasteiger partial charge is 0.259 e. The van der Waals surface area contributed by atoms with Gasteiger partial charge in [0.15, 0.2) is 0 Å². The van der Waals surface area contributed by atoms with Gasteiger partial charge in [0, 0.05) is 22.4 Å². The van der Waals surface area contributed by atoms with Crippen LogP contribution in [-0.2, 0) is 0 Å². The average molecular weight is 356 g/mol. The van der Waals surface area contributed by atoms with Crippen LogP contribution in [0, 0.1) is 10.1 Å². The summed E-state index contributed by atoms with van der Waals surface area (Å²) in [6.45, 7) is 0.744. The maximum Gasteiger partial charge on any atom is 0.284 e. The zero-order valence-corrected chi connectivity index (χ0v) is 11.6. The van der Waals surface area contributed by atoms with E-state index in [0.29, 0.717) is 4.90 Å². The van der Waals surface area contributed by atoms with E-state index >= 15 is 0 Å². The number of nitro benzene ring substituents is 1. The lowest BCUT2D eigenvalue weighted by atomic mass is 10.3. The highest BCUT2D eigenvalue weighted by Crippen LogP contribution is 2.29. The molecule has 0 aliphatic rings. The van der Waals surface area contributed by atoms with Crippen LogP contribution in [0.15, 0.2) is 27.6 Å². The van der Waals surface area contributed by atoms with E-state index in [9.17, 15) is 10.1 Å². The Hall–Kier alpha value is -0.110. The lowest BCUT2D eigenvalue weighted by Crippen LogP contribution is -2.06. The van der Waals surface area contributed by atoms with Crippen molar-refractivity contribution in [1.29, 1.82) is 0 Å². The summed E-state index contributed by atoms with van der Waals surface area (Å²) >= 11 is 7.81. The van der Waals surface area contributed by atoms with Gasteiger partial charge in [0.25, 0.3) is 5.69 Å². The molecule has 0 saturated heterocycles. The molecule has 0 aromatic heterocycles. The van der Waals surface area contributed by atoms with Gasteiger partial charge >= 0.3 is 0 Å². The monoisotopic (exact) mass is 354 g/mol. The minimum Gasteiger partial charge on any atom is -0.259 e. The van der Waals surface area contributed by atoms with Crippen molar-refractivity contribution in [2.75, 3.05) is 11.9 Å². The predicted octanol–water partition coefficient (Wildman–Crippen LogP) is 3.35. The number of hydrogen-bond donors (Lipinski definition) is 1. The second-order valence-electron chi connectivity index (χ2n) is 2.55. The molecule has 1 aromatic rings. The topological polar surface area (TPSA) is 55.2 Å². The van der Waals surface area contributed by atoms with Gasteiger partial charge in [0.05, 0.1) is 4.92 Å². The summed E-state index contributed by atoms with van der Waals surface area (Å²) in [6.07, 6.45) is 0. The first-order chi connectivity index (χ1) is 7.15. The Kier molecular flexibility index (Phi) is 5.59. The third kappa shape index (κ3) is 4.10. The molecule has 0 heterocycles. The molecule has 1 N–H and O–H groups in total. The number of alkyl halides is 1. The van der Waals surface area contributed by atoms with Crippen molar-refractivity contribution in [3.63, 3.8) is 0 Å². The third-order valence-electron chi connectivity index (χ3n) is 1.50. The Morgan fingerprint density at radius 3 is 2.87 bits per heavy atom. The Morgan fingerprint density at radius 2 is 2.27 bits per heavy atom. The van der Waals surface area contributed by atoms with E-state index in [0.717, 1.165) is 16.3 Å². The molecule has 1 aromatic carbocycles. The lowest BCUT2D eigenvalue weighted by molar-refractivity contribution is -0.387. The van der Waals surface area contributed by atoms with E-state index in [1.807, 2.05) is 0 Å². The molecule has 0 unspecified atom stereocenters. The van der Waals surface area contributed by atoms with Crippen molar-refractivity contribution in [2.45, 2.75) is 4.90 Å². The molecular formula is C8H8Br2N2O2S. The SMILES string of the molecule is O=[N+]([O-])c1ccc(Br)cc1SNCCBr. The van der Waals surface area contributed by atoms with Crippen LogP contribution in [0.1, 0.15) is 0 Å². The number of halogens is 2. The molecule has 0 bridgehead atoms. The molecular weight excluding hydrogens is 348 g/mol. The molecule has 0 aliphatic carbocycles. The fraction of sp³-hybridized carbons (Fsp3) is 0.250. The van der Waals surface area contributed by atoms with E-state index in [2.05, 4.69) is 36.6 Å². The van der Waals surface area contributed by atoms with Crippen molar-refractivity contribution < 1.29 is 4.92 Å². The van der Waals surface area contributed by atoms with Gasteiger partial charge in [-0.2, -0.15) is 0 Å². The number of hydrogen-bond acceptors (Lipinski definition) is 4. The van der Waals surface area contributed by atoms with E-state index in [-0.39, 0.29) is 10.6 Å². The van der Waals surface area contributed by atoms with Crippen LogP contribution in [0.5, 0.6) is 0 Å². The van der Waals surface area contributed by atoms with E-state index in [1.54, 1.807) is 12.1 Å². The van der Waals surface area contributed by atoms with Crippen molar-refractivity contribution in [3.05, 3.63) is 32.8 Å². The maximum absolute atomic E-state index is 10.7. The van der Waals surface area contributed by atoms with Gasteiger partial charge < -0.3 is 0 Å². The van der Waals surface area contributed by atoms with Crippen LogP contribution in [-0.4, -0.2) is 16.8 Å². The van der Waals surface area contributed by atoms with Crippen molar-refractivity contribution in [2.24, 2.45) is 0 Å². The summed E-state index contributed by atoms with van der Waals surface area (Å²) in [5.74, 6) is 0. The largest absolute Gasteiger partial charge is 0.284 e. The fourth-order valence-electron chi connectivity index (χ4n) is 0.888. The summed E-state index contributed by atoms with van der Waals surface area (Å²) in [7, 11) is 0. The first-order valence-electron chi connectivity index (χ1n) is 4.04. The number of benzene rings is 1. The minimum absolute atomic E-state index is 0.116. The van der Waals surface area contributed by atoms with Gasteiger partial charge in [-0.1, -0.05) is 31.9 Å². The van der Waals surface area contributed by atoms with Crippen LogP contribution in [0.4, 0.5) is 5.69 Å². The van der Waals surface area contributed by atoms with Crippen molar-refractivity contribution in [3.8, 4) is 0 Å². The molecule has 0 spiro atoms. The molecule has 0 radical (unpaired) electrons. The number of nitrogens with one attached hydrogen (secondary N) is 1. The summed E-state index contributed by atoms with van der Waals surface area (Å²) in [5.41, 5.74) is 0.116. The van der Waals surface area contributed by atoms with Crippen LogP contribution in [0.25, 0.3) is 0 Å². The van der Waals surface area contributed by atoms with E-state index < -0.39 is 0 Å². The van der Waals surface area contributed by atoms with Crippen LogP contribution < -0.4 is 4.72 Å². The highest BCUT2D eigenvalue weighted by molar-refractivity contribution is 9.10. The molecule has 1 rings (SSSR count). The Balaban J connectivity index is 2.82. The number of nitro groups is 1. The molecule has 7 heteroatoms. The highest BCUT2D eigenvalue weighted by atomic mass is 79.9. The standard InChI is InChI=1S/C8H8Br2N2O2S/c9-3-4-11-15-8-5-6(10)1-2-7(8)12(13)14/h1-2,5,11H,3-4H2. The Labute approximate surface area is 108 Å².